The maximum absolute atomic E-state index is 12.7. The predicted octanol–water partition coefficient (Wildman–Crippen LogP) is 3.14. The maximum atomic E-state index is 12.7. The Kier molecular flexibility index (Phi) is 4.69. The van der Waals surface area contributed by atoms with Gasteiger partial charge in [0.25, 0.3) is 5.91 Å². The number of para-hydroxylation sites is 1. The Labute approximate surface area is 153 Å². The highest BCUT2D eigenvalue weighted by Crippen LogP contribution is 2.33. The first-order chi connectivity index (χ1) is 12.7. The van der Waals surface area contributed by atoms with E-state index in [1.54, 1.807) is 6.07 Å². The van der Waals surface area contributed by atoms with Gasteiger partial charge < -0.3 is 19.5 Å². The van der Waals surface area contributed by atoms with Crippen molar-refractivity contribution in [1.29, 1.82) is 0 Å². The van der Waals surface area contributed by atoms with E-state index in [1.807, 2.05) is 31.2 Å². The van der Waals surface area contributed by atoms with Gasteiger partial charge in [-0.05, 0) is 55.0 Å². The van der Waals surface area contributed by atoms with E-state index in [4.69, 9.17) is 14.2 Å². The molecule has 4 rings (SSSR count). The van der Waals surface area contributed by atoms with Crippen molar-refractivity contribution in [3.63, 3.8) is 0 Å². The number of aryl methyl sites for hydroxylation is 1. The van der Waals surface area contributed by atoms with Crippen molar-refractivity contribution in [2.24, 2.45) is 5.92 Å². The third kappa shape index (κ3) is 3.47. The van der Waals surface area contributed by atoms with E-state index in [0.29, 0.717) is 49.3 Å². The largest absolute Gasteiger partial charge is 0.493 e. The lowest BCUT2D eigenvalue weighted by molar-refractivity contribution is 0.0943. The van der Waals surface area contributed by atoms with Gasteiger partial charge in [-0.1, -0.05) is 18.2 Å². The lowest BCUT2D eigenvalue weighted by Crippen LogP contribution is -2.31. The molecule has 1 N–H and O–H groups in total. The van der Waals surface area contributed by atoms with Crippen LogP contribution in [0, 0.1) is 12.8 Å². The zero-order valence-electron chi connectivity index (χ0n) is 14.9. The molecule has 5 heteroatoms. The van der Waals surface area contributed by atoms with Crippen LogP contribution < -0.4 is 19.5 Å². The predicted molar refractivity (Wildman–Crippen MR) is 98.3 cm³/mol. The van der Waals surface area contributed by atoms with Crippen molar-refractivity contribution in [2.75, 3.05) is 26.4 Å². The number of fused-ring (bicyclic) bond motifs is 2. The SMILES string of the molecule is Cc1cc2c(cc1C(=O)NC[C@H]1CCOc3ccccc3C1)OCCO2. The van der Waals surface area contributed by atoms with E-state index >= 15 is 0 Å². The average molecular weight is 353 g/mol. The number of hydrogen-bond acceptors (Lipinski definition) is 4. The fourth-order valence-corrected chi connectivity index (χ4v) is 3.50. The van der Waals surface area contributed by atoms with Gasteiger partial charge in [0, 0.05) is 12.1 Å². The van der Waals surface area contributed by atoms with Gasteiger partial charge in [0.1, 0.15) is 19.0 Å². The van der Waals surface area contributed by atoms with Crippen LogP contribution in [0.1, 0.15) is 27.9 Å². The van der Waals surface area contributed by atoms with Gasteiger partial charge in [0.2, 0.25) is 0 Å². The molecule has 0 unspecified atom stereocenters. The van der Waals surface area contributed by atoms with Gasteiger partial charge in [-0.15, -0.1) is 0 Å². The highest BCUT2D eigenvalue weighted by atomic mass is 16.6. The standard InChI is InChI=1S/C21H23NO4/c1-14-10-19-20(26-9-8-25-19)12-17(14)21(23)22-13-15-6-7-24-18-5-3-2-4-16(18)11-15/h2-5,10,12,15H,6-9,11,13H2,1H3,(H,22,23)/t15-/m0/s1. The first kappa shape index (κ1) is 16.8. The normalized spacial score (nSPS) is 18.3. The maximum Gasteiger partial charge on any atom is 0.251 e. The number of benzene rings is 2. The Morgan fingerprint density at radius 2 is 1.77 bits per heavy atom. The minimum atomic E-state index is -0.0714. The fraction of sp³-hybridized carbons (Fsp3) is 0.381. The minimum Gasteiger partial charge on any atom is -0.493 e. The number of amides is 1. The van der Waals surface area contributed by atoms with E-state index in [9.17, 15) is 4.79 Å². The summed E-state index contributed by atoms with van der Waals surface area (Å²) in [6.07, 6.45) is 1.84. The smallest absolute Gasteiger partial charge is 0.251 e. The molecule has 136 valence electrons. The highest BCUT2D eigenvalue weighted by Gasteiger charge is 2.21. The van der Waals surface area contributed by atoms with Gasteiger partial charge in [0.05, 0.1) is 6.61 Å². The summed E-state index contributed by atoms with van der Waals surface area (Å²) in [5.74, 6) is 2.61. The van der Waals surface area contributed by atoms with Crippen LogP contribution in [-0.2, 0) is 6.42 Å². The van der Waals surface area contributed by atoms with Crippen molar-refractivity contribution in [3.05, 3.63) is 53.1 Å². The molecule has 1 amide bonds. The zero-order valence-corrected chi connectivity index (χ0v) is 14.9. The van der Waals surface area contributed by atoms with Gasteiger partial charge in [-0.2, -0.15) is 0 Å². The number of hydrogen-bond donors (Lipinski definition) is 1. The Bertz CT molecular complexity index is 818. The number of ether oxygens (including phenoxy) is 3. The van der Waals surface area contributed by atoms with Crippen LogP contribution >= 0.6 is 0 Å². The number of rotatable bonds is 3. The van der Waals surface area contributed by atoms with E-state index in [-0.39, 0.29) is 5.91 Å². The monoisotopic (exact) mass is 353 g/mol. The molecule has 0 saturated heterocycles. The molecule has 0 radical (unpaired) electrons. The summed E-state index contributed by atoms with van der Waals surface area (Å²) in [7, 11) is 0. The lowest BCUT2D eigenvalue weighted by Gasteiger charge is -2.20. The lowest BCUT2D eigenvalue weighted by atomic mass is 9.96. The van der Waals surface area contributed by atoms with E-state index in [0.717, 1.165) is 24.2 Å². The summed E-state index contributed by atoms with van der Waals surface area (Å²) in [6.45, 7) is 4.29. The van der Waals surface area contributed by atoms with Crippen LogP contribution in [0.5, 0.6) is 17.2 Å². The van der Waals surface area contributed by atoms with Gasteiger partial charge >= 0.3 is 0 Å². The molecule has 0 saturated carbocycles. The molecule has 2 heterocycles. The molecule has 26 heavy (non-hydrogen) atoms. The molecule has 1 atom stereocenters. The van der Waals surface area contributed by atoms with Crippen LogP contribution in [0.15, 0.2) is 36.4 Å². The molecular formula is C21H23NO4. The minimum absolute atomic E-state index is 0.0714. The second-order valence-electron chi connectivity index (χ2n) is 6.84. The van der Waals surface area contributed by atoms with Crippen molar-refractivity contribution < 1.29 is 19.0 Å². The Morgan fingerprint density at radius 1 is 1.04 bits per heavy atom. The summed E-state index contributed by atoms with van der Waals surface area (Å²) in [4.78, 5) is 12.7. The molecule has 0 aromatic heterocycles. The van der Waals surface area contributed by atoms with E-state index < -0.39 is 0 Å². The van der Waals surface area contributed by atoms with Crippen LogP contribution in [0.3, 0.4) is 0 Å². The molecular weight excluding hydrogens is 330 g/mol. The quantitative estimate of drug-likeness (QED) is 0.921. The van der Waals surface area contributed by atoms with Crippen LogP contribution in [0.4, 0.5) is 0 Å². The first-order valence-corrected chi connectivity index (χ1v) is 9.10. The molecule has 2 aromatic carbocycles. The molecule has 2 aromatic rings. The summed E-state index contributed by atoms with van der Waals surface area (Å²) in [6, 6.07) is 11.8. The topological polar surface area (TPSA) is 56.8 Å². The molecule has 2 aliphatic heterocycles. The summed E-state index contributed by atoms with van der Waals surface area (Å²) >= 11 is 0. The molecule has 0 aliphatic carbocycles. The van der Waals surface area contributed by atoms with Gasteiger partial charge in [-0.25, -0.2) is 0 Å². The van der Waals surface area contributed by atoms with Crippen LogP contribution in [-0.4, -0.2) is 32.3 Å². The van der Waals surface area contributed by atoms with E-state index in [1.165, 1.54) is 5.56 Å². The molecule has 0 fully saturated rings. The first-order valence-electron chi connectivity index (χ1n) is 9.10. The number of nitrogens with one attached hydrogen (secondary N) is 1. The number of carbonyl (C=O) groups excluding carboxylic acids is 1. The van der Waals surface area contributed by atoms with Gasteiger partial charge in [-0.3, -0.25) is 4.79 Å². The zero-order chi connectivity index (χ0) is 17.9. The second kappa shape index (κ2) is 7.28. The highest BCUT2D eigenvalue weighted by molar-refractivity contribution is 5.96. The Hall–Kier alpha value is -2.69. The van der Waals surface area contributed by atoms with Gasteiger partial charge in [0.15, 0.2) is 11.5 Å². The van der Waals surface area contributed by atoms with Crippen LogP contribution in [0.25, 0.3) is 0 Å². The third-order valence-corrected chi connectivity index (χ3v) is 4.95. The third-order valence-electron chi connectivity index (χ3n) is 4.95. The van der Waals surface area contributed by atoms with Crippen molar-refractivity contribution >= 4 is 5.91 Å². The Morgan fingerprint density at radius 3 is 2.62 bits per heavy atom. The summed E-state index contributed by atoms with van der Waals surface area (Å²) in [5.41, 5.74) is 2.74. The molecule has 5 nitrogen and oxygen atoms in total. The van der Waals surface area contributed by atoms with Crippen molar-refractivity contribution in [1.82, 2.24) is 5.32 Å². The molecule has 2 aliphatic rings. The van der Waals surface area contributed by atoms with Crippen LogP contribution in [0.2, 0.25) is 0 Å². The molecule has 0 bridgehead atoms. The number of carbonyl (C=O) groups is 1. The van der Waals surface area contributed by atoms with Crippen molar-refractivity contribution in [3.8, 4) is 17.2 Å². The summed E-state index contributed by atoms with van der Waals surface area (Å²) in [5, 5.41) is 3.08. The van der Waals surface area contributed by atoms with Crippen molar-refractivity contribution in [2.45, 2.75) is 19.8 Å². The second-order valence-corrected chi connectivity index (χ2v) is 6.84. The fourth-order valence-electron chi connectivity index (χ4n) is 3.50. The average Bonchev–Trinajstić information content (AvgIpc) is 2.87. The molecule has 0 spiro atoms. The summed E-state index contributed by atoms with van der Waals surface area (Å²) < 4.78 is 17.0. The Balaban J connectivity index is 1.43. The van der Waals surface area contributed by atoms with E-state index in [2.05, 4.69) is 11.4 Å².